The van der Waals surface area contributed by atoms with Crippen molar-refractivity contribution >= 4 is 33.2 Å². The van der Waals surface area contributed by atoms with Gasteiger partial charge in [0.25, 0.3) is 5.91 Å². The quantitative estimate of drug-likeness (QED) is 0.748. The second kappa shape index (κ2) is 8.42. The molecule has 0 aliphatic rings. The predicted molar refractivity (Wildman–Crippen MR) is 103 cm³/mol. The lowest BCUT2D eigenvalue weighted by Crippen LogP contribution is -2.28. The zero-order valence-corrected chi connectivity index (χ0v) is 16.3. The molecule has 6 nitrogen and oxygen atoms in total. The Bertz CT molecular complexity index is 883. The van der Waals surface area contributed by atoms with Crippen LogP contribution in [-0.2, 0) is 10.0 Å². The van der Waals surface area contributed by atoms with Crippen molar-refractivity contribution in [3.63, 3.8) is 0 Å². The fourth-order valence-corrected chi connectivity index (χ4v) is 3.29. The number of halogens is 1. The van der Waals surface area contributed by atoms with Gasteiger partial charge in [0, 0.05) is 5.69 Å². The third kappa shape index (κ3) is 5.37. The summed E-state index contributed by atoms with van der Waals surface area (Å²) in [5, 5.41) is 3.11. The van der Waals surface area contributed by atoms with E-state index in [1.165, 1.54) is 18.2 Å². The van der Waals surface area contributed by atoms with E-state index in [4.69, 9.17) is 16.3 Å². The molecule has 0 unspecified atom stereocenters. The molecular formula is C18H21ClN2O4S. The first-order valence-corrected chi connectivity index (χ1v) is 10.2. The molecule has 0 aliphatic carbocycles. The highest BCUT2D eigenvalue weighted by atomic mass is 35.5. The Morgan fingerprint density at radius 2 is 1.85 bits per heavy atom. The maximum absolute atomic E-state index is 12.6. The van der Waals surface area contributed by atoms with Crippen LogP contribution >= 0.6 is 11.6 Å². The molecule has 2 aromatic carbocycles. The number of ether oxygens (including phenoxy) is 1. The normalized spacial score (nSPS) is 12.3. The van der Waals surface area contributed by atoms with Crippen molar-refractivity contribution in [2.45, 2.75) is 19.4 Å². The first kappa shape index (κ1) is 20.1. The number of methoxy groups -OCH3 is 1. The van der Waals surface area contributed by atoms with E-state index in [-0.39, 0.29) is 22.5 Å². The molecule has 2 aromatic rings. The van der Waals surface area contributed by atoms with Crippen molar-refractivity contribution in [1.29, 1.82) is 0 Å². The van der Waals surface area contributed by atoms with Gasteiger partial charge < -0.3 is 10.1 Å². The number of hydrogen-bond acceptors (Lipinski definition) is 4. The van der Waals surface area contributed by atoms with Gasteiger partial charge in [-0.1, -0.05) is 30.7 Å². The molecule has 26 heavy (non-hydrogen) atoms. The van der Waals surface area contributed by atoms with E-state index < -0.39 is 10.0 Å². The molecule has 0 spiro atoms. The Hall–Kier alpha value is -2.25. The number of benzene rings is 2. The lowest BCUT2D eigenvalue weighted by atomic mass is 10.0. The Kier molecular flexibility index (Phi) is 6.50. The minimum absolute atomic E-state index is 0.167. The standard InChI is InChI=1S/C18H21ClN2O4S/c1-4-17(12-5-8-14(25-2)9-6-12)20-18(22)15-10-7-13(11-16(15)19)21-26(3,23)24/h5-11,17,21H,4H2,1-3H3,(H,20,22)/t17-/m0/s1. The molecule has 140 valence electrons. The number of amides is 1. The van der Waals surface area contributed by atoms with Gasteiger partial charge in [-0.2, -0.15) is 0 Å². The van der Waals surface area contributed by atoms with Crippen LogP contribution in [0.4, 0.5) is 5.69 Å². The van der Waals surface area contributed by atoms with Crippen LogP contribution in [0.2, 0.25) is 5.02 Å². The van der Waals surface area contributed by atoms with E-state index in [2.05, 4.69) is 10.0 Å². The van der Waals surface area contributed by atoms with E-state index in [0.29, 0.717) is 12.1 Å². The molecule has 0 aromatic heterocycles. The average molecular weight is 397 g/mol. The molecule has 8 heteroatoms. The second-order valence-electron chi connectivity index (χ2n) is 5.78. The van der Waals surface area contributed by atoms with Gasteiger partial charge in [-0.25, -0.2) is 8.42 Å². The fourth-order valence-electron chi connectivity index (χ4n) is 2.47. The second-order valence-corrected chi connectivity index (χ2v) is 7.93. The Balaban J connectivity index is 2.16. The number of carbonyl (C=O) groups is 1. The van der Waals surface area contributed by atoms with E-state index in [1.807, 2.05) is 31.2 Å². The van der Waals surface area contributed by atoms with Crippen LogP contribution < -0.4 is 14.8 Å². The summed E-state index contributed by atoms with van der Waals surface area (Å²) in [5.74, 6) is 0.413. The van der Waals surface area contributed by atoms with Crippen molar-refractivity contribution in [1.82, 2.24) is 5.32 Å². The maximum atomic E-state index is 12.6. The molecule has 0 fully saturated rings. The largest absolute Gasteiger partial charge is 0.497 e. The van der Waals surface area contributed by atoms with Crippen LogP contribution in [0.1, 0.15) is 35.3 Å². The molecule has 1 atom stereocenters. The molecule has 0 saturated carbocycles. The summed E-state index contributed by atoms with van der Waals surface area (Å²) in [4.78, 5) is 12.6. The molecule has 0 aliphatic heterocycles. The maximum Gasteiger partial charge on any atom is 0.253 e. The van der Waals surface area contributed by atoms with E-state index >= 15 is 0 Å². The Morgan fingerprint density at radius 1 is 1.19 bits per heavy atom. The first-order chi connectivity index (χ1) is 12.2. The summed E-state index contributed by atoms with van der Waals surface area (Å²) >= 11 is 6.15. The van der Waals surface area contributed by atoms with E-state index in [9.17, 15) is 13.2 Å². The van der Waals surface area contributed by atoms with Crippen molar-refractivity contribution < 1.29 is 17.9 Å². The van der Waals surface area contributed by atoms with Gasteiger partial charge in [-0.15, -0.1) is 0 Å². The SMILES string of the molecule is CC[C@H](NC(=O)c1ccc(NS(C)(=O)=O)cc1Cl)c1ccc(OC)cc1. The topological polar surface area (TPSA) is 84.5 Å². The highest BCUT2D eigenvalue weighted by Gasteiger charge is 2.17. The number of anilines is 1. The summed E-state index contributed by atoms with van der Waals surface area (Å²) in [6, 6.07) is 11.7. The summed E-state index contributed by atoms with van der Waals surface area (Å²) in [6.07, 6.45) is 1.74. The molecular weight excluding hydrogens is 376 g/mol. The summed E-state index contributed by atoms with van der Waals surface area (Å²) in [5.41, 5.74) is 1.53. The lowest BCUT2D eigenvalue weighted by molar-refractivity contribution is 0.0935. The van der Waals surface area contributed by atoms with Gasteiger partial charge in [0.1, 0.15) is 5.75 Å². The van der Waals surface area contributed by atoms with Crippen molar-refractivity contribution in [2.24, 2.45) is 0 Å². The molecule has 1 amide bonds. The first-order valence-electron chi connectivity index (χ1n) is 7.95. The number of hydrogen-bond donors (Lipinski definition) is 2. The Morgan fingerprint density at radius 3 is 2.35 bits per heavy atom. The molecule has 0 saturated heterocycles. The minimum atomic E-state index is -3.41. The fraction of sp³-hybridized carbons (Fsp3) is 0.278. The highest BCUT2D eigenvalue weighted by molar-refractivity contribution is 7.92. The monoisotopic (exact) mass is 396 g/mol. The molecule has 2 N–H and O–H groups in total. The van der Waals surface area contributed by atoms with Crippen LogP contribution in [0.5, 0.6) is 5.75 Å². The number of rotatable bonds is 7. The number of carbonyl (C=O) groups excluding carboxylic acids is 1. The summed E-state index contributed by atoms with van der Waals surface area (Å²) in [6.45, 7) is 1.97. The Labute approximate surface area is 158 Å². The molecule has 0 bridgehead atoms. The zero-order valence-electron chi connectivity index (χ0n) is 14.7. The predicted octanol–water partition coefficient (Wildman–Crippen LogP) is 3.60. The van der Waals surface area contributed by atoms with Crippen LogP contribution in [0, 0.1) is 0 Å². The molecule has 0 heterocycles. The zero-order chi connectivity index (χ0) is 19.3. The minimum Gasteiger partial charge on any atom is -0.497 e. The van der Waals surface area contributed by atoms with Crippen LogP contribution in [0.25, 0.3) is 0 Å². The molecule has 0 radical (unpaired) electrons. The third-order valence-corrected chi connectivity index (χ3v) is 4.67. The summed E-state index contributed by atoms with van der Waals surface area (Å²) in [7, 11) is -1.82. The van der Waals surface area contributed by atoms with Crippen LogP contribution in [0.15, 0.2) is 42.5 Å². The number of nitrogens with one attached hydrogen (secondary N) is 2. The molecule has 2 rings (SSSR count). The van der Waals surface area contributed by atoms with E-state index in [0.717, 1.165) is 17.6 Å². The van der Waals surface area contributed by atoms with Crippen LogP contribution in [-0.4, -0.2) is 27.7 Å². The highest BCUT2D eigenvalue weighted by Crippen LogP contribution is 2.24. The van der Waals surface area contributed by atoms with Gasteiger partial charge >= 0.3 is 0 Å². The lowest BCUT2D eigenvalue weighted by Gasteiger charge is -2.18. The number of sulfonamides is 1. The average Bonchev–Trinajstić information content (AvgIpc) is 2.58. The van der Waals surface area contributed by atoms with Gasteiger partial charge in [-0.3, -0.25) is 9.52 Å². The smallest absolute Gasteiger partial charge is 0.253 e. The van der Waals surface area contributed by atoms with Gasteiger partial charge in [0.15, 0.2) is 0 Å². The van der Waals surface area contributed by atoms with E-state index in [1.54, 1.807) is 7.11 Å². The van der Waals surface area contributed by atoms with Crippen molar-refractivity contribution in [3.8, 4) is 5.75 Å². The van der Waals surface area contributed by atoms with Crippen molar-refractivity contribution in [3.05, 3.63) is 58.6 Å². The van der Waals surface area contributed by atoms with Gasteiger partial charge in [-0.05, 0) is 42.3 Å². The van der Waals surface area contributed by atoms with Crippen molar-refractivity contribution in [2.75, 3.05) is 18.1 Å². The third-order valence-electron chi connectivity index (χ3n) is 3.75. The van der Waals surface area contributed by atoms with Gasteiger partial charge in [0.2, 0.25) is 10.0 Å². The van der Waals surface area contributed by atoms with Crippen LogP contribution in [0.3, 0.4) is 0 Å². The van der Waals surface area contributed by atoms with Gasteiger partial charge in [0.05, 0.1) is 30.0 Å². The summed E-state index contributed by atoms with van der Waals surface area (Å²) < 4.78 is 30.0.